The van der Waals surface area contributed by atoms with Crippen molar-refractivity contribution in [3.8, 4) is 0 Å². The second-order valence-electron chi connectivity index (χ2n) is 3.40. The number of nitrogens with zero attached hydrogens (tertiary/aromatic N) is 1. The molecule has 6 heteroatoms. The SMILES string of the molecule is CCOC(=O)CC(O)C(O)c1cccnc1Cl. The lowest BCUT2D eigenvalue weighted by Crippen LogP contribution is -2.23. The van der Waals surface area contributed by atoms with Crippen LogP contribution in [0.2, 0.25) is 5.15 Å². The third-order valence-corrected chi connectivity index (χ3v) is 2.47. The lowest BCUT2D eigenvalue weighted by molar-refractivity contribution is -0.147. The van der Waals surface area contributed by atoms with Crippen molar-refractivity contribution >= 4 is 17.6 Å². The van der Waals surface area contributed by atoms with Gasteiger partial charge in [0.2, 0.25) is 0 Å². The molecule has 0 bridgehead atoms. The smallest absolute Gasteiger partial charge is 0.308 e. The van der Waals surface area contributed by atoms with E-state index in [2.05, 4.69) is 9.72 Å². The summed E-state index contributed by atoms with van der Waals surface area (Å²) in [5, 5.41) is 19.6. The molecule has 0 spiro atoms. The molecular weight excluding hydrogens is 246 g/mol. The summed E-state index contributed by atoms with van der Waals surface area (Å²) in [5.41, 5.74) is 0.283. The predicted molar refractivity (Wildman–Crippen MR) is 61.5 cm³/mol. The van der Waals surface area contributed by atoms with Gasteiger partial charge in [0, 0.05) is 11.8 Å². The molecule has 1 aromatic rings. The lowest BCUT2D eigenvalue weighted by atomic mass is 10.0. The first-order valence-corrected chi connectivity index (χ1v) is 5.56. The van der Waals surface area contributed by atoms with Crippen molar-refractivity contribution < 1.29 is 19.7 Å². The van der Waals surface area contributed by atoms with Crippen LogP contribution in [0.15, 0.2) is 18.3 Å². The Morgan fingerprint density at radius 2 is 2.29 bits per heavy atom. The van der Waals surface area contributed by atoms with E-state index in [9.17, 15) is 15.0 Å². The molecule has 1 rings (SSSR count). The number of aliphatic hydroxyl groups is 2. The average Bonchev–Trinajstić information content (AvgIpc) is 2.29. The van der Waals surface area contributed by atoms with Crippen LogP contribution < -0.4 is 0 Å². The molecule has 1 heterocycles. The zero-order chi connectivity index (χ0) is 12.8. The Balaban J connectivity index is 2.67. The normalized spacial score (nSPS) is 14.1. The van der Waals surface area contributed by atoms with Crippen LogP contribution >= 0.6 is 11.6 Å². The van der Waals surface area contributed by atoms with E-state index in [4.69, 9.17) is 11.6 Å². The fourth-order valence-corrected chi connectivity index (χ4v) is 1.56. The van der Waals surface area contributed by atoms with Crippen LogP contribution in [-0.4, -0.2) is 33.9 Å². The second kappa shape index (κ2) is 6.54. The highest BCUT2D eigenvalue weighted by atomic mass is 35.5. The van der Waals surface area contributed by atoms with Crippen LogP contribution in [0, 0.1) is 0 Å². The monoisotopic (exact) mass is 259 g/mol. The fraction of sp³-hybridized carbons (Fsp3) is 0.455. The number of ether oxygens (including phenoxy) is 1. The molecule has 0 aliphatic carbocycles. The Morgan fingerprint density at radius 1 is 1.59 bits per heavy atom. The van der Waals surface area contributed by atoms with Crippen molar-refractivity contribution in [2.24, 2.45) is 0 Å². The van der Waals surface area contributed by atoms with Crippen LogP contribution in [0.1, 0.15) is 25.0 Å². The van der Waals surface area contributed by atoms with E-state index >= 15 is 0 Å². The lowest BCUT2D eigenvalue weighted by Gasteiger charge is -2.17. The van der Waals surface area contributed by atoms with Gasteiger partial charge in [0.1, 0.15) is 11.3 Å². The minimum absolute atomic E-state index is 0.0999. The Bertz CT molecular complexity index is 385. The number of aromatic nitrogens is 1. The number of esters is 1. The van der Waals surface area contributed by atoms with E-state index in [1.165, 1.54) is 12.3 Å². The quantitative estimate of drug-likeness (QED) is 0.611. The molecule has 94 valence electrons. The number of carbonyl (C=O) groups is 1. The number of rotatable bonds is 5. The summed E-state index contributed by atoms with van der Waals surface area (Å²) < 4.78 is 4.67. The molecule has 17 heavy (non-hydrogen) atoms. The van der Waals surface area contributed by atoms with Gasteiger partial charge in [-0.25, -0.2) is 4.98 Å². The maximum atomic E-state index is 11.1. The fourth-order valence-electron chi connectivity index (χ4n) is 1.33. The minimum Gasteiger partial charge on any atom is -0.466 e. The summed E-state index contributed by atoms with van der Waals surface area (Å²) in [5.74, 6) is -0.570. The minimum atomic E-state index is -1.27. The first kappa shape index (κ1) is 13.9. The van der Waals surface area contributed by atoms with Crippen LogP contribution in [-0.2, 0) is 9.53 Å². The predicted octanol–water partition coefficient (Wildman–Crippen LogP) is 1.08. The number of pyridine rings is 1. The molecule has 0 saturated heterocycles. The molecule has 0 radical (unpaired) electrons. The zero-order valence-electron chi connectivity index (χ0n) is 9.34. The van der Waals surface area contributed by atoms with Crippen molar-refractivity contribution in [2.45, 2.75) is 25.6 Å². The van der Waals surface area contributed by atoms with Gasteiger partial charge in [-0.2, -0.15) is 0 Å². The largest absolute Gasteiger partial charge is 0.466 e. The molecule has 1 aromatic heterocycles. The molecule has 0 aliphatic heterocycles. The molecule has 5 nitrogen and oxygen atoms in total. The van der Waals surface area contributed by atoms with Crippen molar-refractivity contribution in [3.05, 3.63) is 29.0 Å². The second-order valence-corrected chi connectivity index (χ2v) is 3.76. The Kier molecular flexibility index (Phi) is 5.34. The Labute approximate surface area is 104 Å². The van der Waals surface area contributed by atoms with E-state index in [0.717, 1.165) is 0 Å². The molecule has 0 aliphatic rings. The number of halogens is 1. The molecule has 2 atom stereocenters. The number of aliphatic hydroxyl groups excluding tert-OH is 2. The van der Waals surface area contributed by atoms with E-state index in [-0.39, 0.29) is 23.7 Å². The van der Waals surface area contributed by atoms with Crippen LogP contribution in [0.4, 0.5) is 0 Å². The summed E-state index contributed by atoms with van der Waals surface area (Å²) >= 11 is 5.76. The van der Waals surface area contributed by atoms with Crippen molar-refractivity contribution in [2.75, 3.05) is 6.61 Å². The number of hydrogen-bond donors (Lipinski definition) is 2. The topological polar surface area (TPSA) is 79.7 Å². The molecule has 0 aromatic carbocycles. The van der Waals surface area contributed by atoms with Gasteiger partial charge in [-0.15, -0.1) is 0 Å². The molecule has 2 unspecified atom stereocenters. The van der Waals surface area contributed by atoms with Crippen molar-refractivity contribution in [1.82, 2.24) is 4.98 Å². The highest BCUT2D eigenvalue weighted by molar-refractivity contribution is 6.30. The third-order valence-electron chi connectivity index (χ3n) is 2.15. The van der Waals surface area contributed by atoms with Crippen LogP contribution in [0.25, 0.3) is 0 Å². The molecular formula is C11H14ClNO4. The molecule has 0 saturated carbocycles. The van der Waals surface area contributed by atoms with Crippen LogP contribution in [0.3, 0.4) is 0 Å². The third kappa shape index (κ3) is 3.96. The van der Waals surface area contributed by atoms with E-state index in [1.807, 2.05) is 0 Å². The first-order chi connectivity index (χ1) is 8.06. The maximum Gasteiger partial charge on any atom is 0.308 e. The van der Waals surface area contributed by atoms with Gasteiger partial charge in [0.25, 0.3) is 0 Å². The highest BCUT2D eigenvalue weighted by Gasteiger charge is 2.24. The molecule has 2 N–H and O–H groups in total. The van der Waals surface area contributed by atoms with Gasteiger partial charge < -0.3 is 14.9 Å². The summed E-state index contributed by atoms with van der Waals surface area (Å²) in [4.78, 5) is 14.9. The average molecular weight is 260 g/mol. The Morgan fingerprint density at radius 3 is 2.88 bits per heavy atom. The number of hydrogen-bond acceptors (Lipinski definition) is 5. The highest BCUT2D eigenvalue weighted by Crippen LogP contribution is 2.24. The Hall–Kier alpha value is -1.17. The zero-order valence-corrected chi connectivity index (χ0v) is 10.1. The standard InChI is InChI=1S/C11H14ClNO4/c1-2-17-9(15)6-8(14)10(16)7-4-3-5-13-11(7)12/h3-5,8,10,14,16H,2,6H2,1H3. The molecule has 0 amide bonds. The van der Waals surface area contributed by atoms with Gasteiger partial charge in [-0.3, -0.25) is 4.79 Å². The van der Waals surface area contributed by atoms with E-state index in [0.29, 0.717) is 0 Å². The van der Waals surface area contributed by atoms with Crippen molar-refractivity contribution in [3.63, 3.8) is 0 Å². The summed E-state index contributed by atoms with van der Waals surface area (Å²) in [7, 11) is 0. The van der Waals surface area contributed by atoms with Gasteiger partial charge in [-0.05, 0) is 13.0 Å². The summed E-state index contributed by atoms with van der Waals surface area (Å²) in [6.07, 6.45) is -1.35. The van der Waals surface area contributed by atoms with E-state index in [1.54, 1.807) is 13.0 Å². The number of carbonyl (C=O) groups excluding carboxylic acids is 1. The molecule has 0 fully saturated rings. The van der Waals surface area contributed by atoms with Gasteiger partial charge in [-0.1, -0.05) is 17.7 Å². The van der Waals surface area contributed by atoms with Gasteiger partial charge >= 0.3 is 5.97 Å². The first-order valence-electron chi connectivity index (χ1n) is 5.18. The van der Waals surface area contributed by atoms with E-state index < -0.39 is 18.2 Å². The maximum absolute atomic E-state index is 11.1. The van der Waals surface area contributed by atoms with Gasteiger partial charge in [0.15, 0.2) is 0 Å². The summed E-state index contributed by atoms with van der Waals surface area (Å²) in [6.45, 7) is 1.90. The summed E-state index contributed by atoms with van der Waals surface area (Å²) in [6, 6.07) is 3.12. The van der Waals surface area contributed by atoms with Crippen molar-refractivity contribution in [1.29, 1.82) is 0 Å². The van der Waals surface area contributed by atoms with Crippen LogP contribution in [0.5, 0.6) is 0 Å². The van der Waals surface area contributed by atoms with Gasteiger partial charge in [0.05, 0.1) is 19.1 Å².